The van der Waals surface area contributed by atoms with Crippen molar-refractivity contribution in [1.29, 1.82) is 0 Å². The van der Waals surface area contributed by atoms with E-state index in [1.54, 1.807) is 0 Å². The SMILES string of the molecule is CN(Cc1cc(Br)cs1)CC1CCC(C)(C)C1N. The molecule has 1 aromatic heterocycles. The standard InChI is InChI=1S/C14H23BrN2S/c1-14(2)5-4-10(13(14)16)7-17(3)8-12-6-11(15)9-18-12/h6,9-10,13H,4-5,7-8,16H2,1-3H3. The van der Waals surface area contributed by atoms with Gasteiger partial charge in [0.1, 0.15) is 0 Å². The molecule has 0 saturated heterocycles. The average molecular weight is 331 g/mol. The van der Waals surface area contributed by atoms with Crippen LogP contribution in [0, 0.1) is 11.3 Å². The first-order valence-corrected chi connectivity index (χ1v) is 8.23. The van der Waals surface area contributed by atoms with E-state index in [2.05, 4.69) is 53.2 Å². The maximum atomic E-state index is 6.37. The third kappa shape index (κ3) is 3.35. The smallest absolute Gasteiger partial charge is 0.0325 e. The van der Waals surface area contributed by atoms with Crippen molar-refractivity contribution in [3.63, 3.8) is 0 Å². The number of hydrogen-bond donors (Lipinski definition) is 1. The van der Waals surface area contributed by atoms with Gasteiger partial charge in [-0.25, -0.2) is 0 Å². The number of thiophene rings is 1. The van der Waals surface area contributed by atoms with Gasteiger partial charge in [-0.1, -0.05) is 13.8 Å². The monoisotopic (exact) mass is 330 g/mol. The van der Waals surface area contributed by atoms with Gasteiger partial charge in [0.05, 0.1) is 0 Å². The van der Waals surface area contributed by atoms with Gasteiger partial charge in [-0.2, -0.15) is 0 Å². The number of rotatable bonds is 4. The van der Waals surface area contributed by atoms with Crippen LogP contribution in [0.2, 0.25) is 0 Å². The molecule has 1 aromatic rings. The molecule has 2 rings (SSSR count). The van der Waals surface area contributed by atoms with Crippen LogP contribution < -0.4 is 5.73 Å². The molecule has 0 aromatic carbocycles. The van der Waals surface area contributed by atoms with Gasteiger partial charge in [-0.3, -0.25) is 0 Å². The highest BCUT2D eigenvalue weighted by Gasteiger charge is 2.39. The molecule has 0 aliphatic heterocycles. The first-order valence-electron chi connectivity index (χ1n) is 6.55. The molecular weight excluding hydrogens is 308 g/mol. The lowest BCUT2D eigenvalue weighted by Gasteiger charge is -2.29. The highest BCUT2D eigenvalue weighted by molar-refractivity contribution is 9.10. The Labute approximate surface area is 123 Å². The maximum absolute atomic E-state index is 6.37. The van der Waals surface area contributed by atoms with Gasteiger partial charge >= 0.3 is 0 Å². The summed E-state index contributed by atoms with van der Waals surface area (Å²) < 4.78 is 1.19. The molecule has 1 saturated carbocycles. The molecule has 1 aliphatic carbocycles. The molecule has 1 heterocycles. The van der Waals surface area contributed by atoms with Gasteiger partial charge in [0.25, 0.3) is 0 Å². The van der Waals surface area contributed by atoms with Gasteiger partial charge in [-0.05, 0) is 53.2 Å². The first kappa shape index (κ1) is 14.5. The van der Waals surface area contributed by atoms with E-state index < -0.39 is 0 Å². The van der Waals surface area contributed by atoms with Crippen molar-refractivity contribution in [2.75, 3.05) is 13.6 Å². The van der Waals surface area contributed by atoms with Gasteiger partial charge in [0.2, 0.25) is 0 Å². The molecule has 1 aliphatic rings. The molecule has 4 heteroatoms. The van der Waals surface area contributed by atoms with Gasteiger partial charge in [0, 0.05) is 33.9 Å². The number of hydrogen-bond acceptors (Lipinski definition) is 3. The zero-order valence-electron chi connectivity index (χ0n) is 11.4. The Kier molecular flexibility index (Phi) is 4.52. The first-order chi connectivity index (χ1) is 8.38. The predicted molar refractivity (Wildman–Crippen MR) is 82.8 cm³/mol. The van der Waals surface area contributed by atoms with Crippen LogP contribution in [0.4, 0.5) is 0 Å². The summed E-state index contributed by atoms with van der Waals surface area (Å²) in [6.45, 7) is 6.74. The van der Waals surface area contributed by atoms with Crippen molar-refractivity contribution in [1.82, 2.24) is 4.90 Å². The van der Waals surface area contributed by atoms with E-state index in [1.165, 1.54) is 22.2 Å². The minimum absolute atomic E-state index is 0.317. The molecule has 0 bridgehead atoms. The summed E-state index contributed by atoms with van der Waals surface area (Å²) in [5.41, 5.74) is 6.69. The van der Waals surface area contributed by atoms with E-state index in [-0.39, 0.29) is 0 Å². The Balaban J connectivity index is 1.87. The Morgan fingerprint density at radius 3 is 2.78 bits per heavy atom. The van der Waals surface area contributed by atoms with Crippen molar-refractivity contribution < 1.29 is 0 Å². The van der Waals surface area contributed by atoms with Crippen LogP contribution >= 0.6 is 27.3 Å². The molecular formula is C14H23BrN2S. The normalized spacial score (nSPS) is 27.0. The molecule has 0 spiro atoms. The zero-order chi connectivity index (χ0) is 13.3. The Morgan fingerprint density at radius 2 is 2.28 bits per heavy atom. The zero-order valence-corrected chi connectivity index (χ0v) is 13.9. The summed E-state index contributed by atoms with van der Waals surface area (Å²) in [7, 11) is 2.20. The van der Waals surface area contributed by atoms with Crippen molar-refractivity contribution in [2.24, 2.45) is 17.1 Å². The van der Waals surface area contributed by atoms with Gasteiger partial charge in [-0.15, -0.1) is 11.3 Å². The third-order valence-corrected chi connectivity index (χ3v) is 5.85. The largest absolute Gasteiger partial charge is 0.327 e. The minimum atomic E-state index is 0.317. The molecule has 2 unspecified atom stereocenters. The summed E-state index contributed by atoms with van der Waals surface area (Å²) in [6.07, 6.45) is 2.53. The summed E-state index contributed by atoms with van der Waals surface area (Å²) in [4.78, 5) is 3.82. The lowest BCUT2D eigenvalue weighted by molar-refractivity contribution is 0.230. The summed E-state index contributed by atoms with van der Waals surface area (Å²) in [6, 6.07) is 2.55. The Morgan fingerprint density at radius 1 is 1.56 bits per heavy atom. The van der Waals surface area contributed by atoms with E-state index in [0.717, 1.165) is 13.1 Å². The summed E-state index contributed by atoms with van der Waals surface area (Å²) in [5.74, 6) is 0.647. The van der Waals surface area contributed by atoms with E-state index in [4.69, 9.17) is 5.73 Å². The van der Waals surface area contributed by atoms with Crippen LogP contribution in [-0.4, -0.2) is 24.5 Å². The molecule has 0 radical (unpaired) electrons. The van der Waals surface area contributed by atoms with Crippen LogP contribution in [0.1, 0.15) is 31.6 Å². The highest BCUT2D eigenvalue weighted by atomic mass is 79.9. The molecule has 18 heavy (non-hydrogen) atoms. The van der Waals surface area contributed by atoms with Crippen LogP contribution in [0.5, 0.6) is 0 Å². The van der Waals surface area contributed by atoms with Crippen LogP contribution in [0.15, 0.2) is 15.9 Å². The molecule has 0 amide bonds. The minimum Gasteiger partial charge on any atom is -0.327 e. The fourth-order valence-corrected chi connectivity index (χ4v) is 4.44. The fraction of sp³-hybridized carbons (Fsp3) is 0.714. The number of nitrogens with zero attached hydrogens (tertiary/aromatic N) is 1. The van der Waals surface area contributed by atoms with Crippen LogP contribution in [0.25, 0.3) is 0 Å². The van der Waals surface area contributed by atoms with Gasteiger partial charge < -0.3 is 10.6 Å². The van der Waals surface area contributed by atoms with Crippen molar-refractivity contribution in [3.05, 3.63) is 20.8 Å². The second-order valence-corrected chi connectivity index (χ2v) is 8.15. The second kappa shape index (κ2) is 5.61. The summed E-state index contributed by atoms with van der Waals surface area (Å²) >= 11 is 5.32. The number of nitrogens with two attached hydrogens (primary N) is 1. The van der Waals surface area contributed by atoms with Crippen LogP contribution in [0.3, 0.4) is 0 Å². The van der Waals surface area contributed by atoms with Crippen molar-refractivity contribution in [3.8, 4) is 0 Å². The lowest BCUT2D eigenvalue weighted by Crippen LogP contribution is -2.41. The Hall–Kier alpha value is 0.1000. The summed E-state index contributed by atoms with van der Waals surface area (Å²) in [5, 5.41) is 2.15. The topological polar surface area (TPSA) is 29.3 Å². The fourth-order valence-electron chi connectivity index (χ4n) is 2.91. The highest BCUT2D eigenvalue weighted by Crippen LogP contribution is 2.40. The van der Waals surface area contributed by atoms with Crippen molar-refractivity contribution in [2.45, 2.75) is 39.3 Å². The lowest BCUT2D eigenvalue weighted by atomic mass is 9.85. The van der Waals surface area contributed by atoms with E-state index in [9.17, 15) is 0 Å². The Bertz CT molecular complexity index is 402. The molecule has 2 nitrogen and oxygen atoms in total. The predicted octanol–water partition coefficient (Wildman–Crippen LogP) is 3.71. The third-order valence-electron chi connectivity index (χ3n) is 4.16. The average Bonchev–Trinajstić information content (AvgIpc) is 2.78. The second-order valence-electron chi connectivity index (χ2n) is 6.24. The quantitative estimate of drug-likeness (QED) is 0.911. The number of halogens is 1. The van der Waals surface area contributed by atoms with Crippen molar-refractivity contribution >= 4 is 27.3 Å². The molecule has 2 N–H and O–H groups in total. The van der Waals surface area contributed by atoms with Gasteiger partial charge in [0.15, 0.2) is 0 Å². The molecule has 2 atom stereocenters. The van der Waals surface area contributed by atoms with E-state index >= 15 is 0 Å². The molecule has 1 fully saturated rings. The van der Waals surface area contributed by atoms with E-state index in [0.29, 0.717) is 17.4 Å². The molecule has 102 valence electrons. The van der Waals surface area contributed by atoms with E-state index in [1.807, 2.05) is 11.3 Å². The maximum Gasteiger partial charge on any atom is 0.0325 e. The van der Waals surface area contributed by atoms with Crippen LogP contribution in [-0.2, 0) is 6.54 Å².